The van der Waals surface area contributed by atoms with Gasteiger partial charge in [0.1, 0.15) is 5.82 Å². The monoisotopic (exact) mass is 436 g/mol. The van der Waals surface area contributed by atoms with Crippen LogP contribution in [-0.4, -0.2) is 60.6 Å². The number of hydrogen-bond donors (Lipinski definition) is 0. The number of aryl methyl sites for hydroxylation is 1. The number of fused-ring (bicyclic) bond motifs is 1. The highest BCUT2D eigenvalue weighted by Crippen LogP contribution is 2.31. The summed E-state index contributed by atoms with van der Waals surface area (Å²) in [5, 5.41) is 0. The predicted molar refractivity (Wildman–Crippen MR) is 120 cm³/mol. The highest BCUT2D eigenvalue weighted by Gasteiger charge is 2.34. The summed E-state index contributed by atoms with van der Waals surface area (Å²) in [5.74, 6) is 1.29. The van der Waals surface area contributed by atoms with E-state index in [4.69, 9.17) is 4.98 Å². The topological polar surface area (TPSA) is 85.4 Å². The second kappa shape index (κ2) is 8.05. The van der Waals surface area contributed by atoms with Gasteiger partial charge < -0.3 is 9.47 Å². The van der Waals surface area contributed by atoms with Crippen LogP contribution in [0.15, 0.2) is 39.9 Å². The van der Waals surface area contributed by atoms with E-state index in [2.05, 4.69) is 4.90 Å². The van der Waals surface area contributed by atoms with E-state index in [1.807, 2.05) is 39.8 Å². The molecule has 0 N–H and O–H groups in total. The van der Waals surface area contributed by atoms with Crippen molar-refractivity contribution in [1.29, 1.82) is 0 Å². The number of hydrogen-bond acceptors (Lipinski definition) is 5. The lowest BCUT2D eigenvalue weighted by molar-refractivity contribution is -0.134. The molecule has 2 fully saturated rings. The zero-order chi connectivity index (χ0) is 22.4. The minimum absolute atomic E-state index is 0.245. The lowest BCUT2D eigenvalue weighted by atomic mass is 10.2. The van der Waals surface area contributed by atoms with Crippen molar-refractivity contribution in [3.05, 3.63) is 62.6 Å². The first-order valence-electron chi connectivity index (χ1n) is 11.1. The molecule has 1 aliphatic carbocycles. The molecule has 1 amide bonds. The van der Waals surface area contributed by atoms with E-state index in [-0.39, 0.29) is 17.2 Å². The third-order valence-corrected chi connectivity index (χ3v) is 6.59. The summed E-state index contributed by atoms with van der Waals surface area (Å²) in [6.07, 6.45) is 2.05. The zero-order valence-corrected chi connectivity index (χ0v) is 18.5. The van der Waals surface area contributed by atoms with Crippen molar-refractivity contribution in [1.82, 2.24) is 28.5 Å². The Hall–Kier alpha value is -3.20. The lowest BCUT2D eigenvalue weighted by Crippen LogP contribution is -2.49. The molecule has 1 saturated heterocycles. The van der Waals surface area contributed by atoms with Gasteiger partial charge in [0.2, 0.25) is 5.91 Å². The molecule has 0 atom stereocenters. The van der Waals surface area contributed by atoms with E-state index in [1.54, 1.807) is 7.05 Å². The number of carbonyl (C=O) groups is 1. The van der Waals surface area contributed by atoms with Crippen molar-refractivity contribution in [3.63, 3.8) is 0 Å². The number of piperazine rings is 1. The van der Waals surface area contributed by atoms with Gasteiger partial charge in [-0.1, -0.05) is 30.3 Å². The van der Waals surface area contributed by atoms with E-state index < -0.39 is 0 Å². The number of aromatic nitrogens is 4. The van der Waals surface area contributed by atoms with Gasteiger partial charge >= 0.3 is 5.69 Å². The van der Waals surface area contributed by atoms with Crippen molar-refractivity contribution < 1.29 is 4.79 Å². The van der Waals surface area contributed by atoms with Gasteiger partial charge in [0.25, 0.3) is 5.56 Å². The Morgan fingerprint density at radius 2 is 1.66 bits per heavy atom. The van der Waals surface area contributed by atoms with Gasteiger partial charge in [-0.25, -0.2) is 9.78 Å². The first-order valence-corrected chi connectivity index (χ1v) is 11.1. The molecule has 5 rings (SSSR count). The molecule has 2 aliphatic rings. The number of imidazole rings is 1. The van der Waals surface area contributed by atoms with E-state index in [1.165, 1.54) is 11.6 Å². The van der Waals surface area contributed by atoms with Crippen molar-refractivity contribution in [3.8, 4) is 0 Å². The molecule has 0 radical (unpaired) electrons. The molecule has 1 aliphatic heterocycles. The fourth-order valence-corrected chi connectivity index (χ4v) is 4.46. The SMILES string of the molecule is Cn1c(=O)c2c(nc(CN3CCN(C(=O)C4CC4)CC3)n2Cc2ccccc2)n(C)c1=O. The van der Waals surface area contributed by atoms with E-state index in [9.17, 15) is 14.4 Å². The van der Waals surface area contributed by atoms with Gasteiger partial charge in [0.15, 0.2) is 11.2 Å². The minimum atomic E-state index is -0.384. The highest BCUT2D eigenvalue weighted by atomic mass is 16.2. The number of nitrogens with zero attached hydrogens (tertiary/aromatic N) is 6. The van der Waals surface area contributed by atoms with Crippen LogP contribution in [0.1, 0.15) is 24.2 Å². The Bertz CT molecular complexity index is 1280. The molecule has 1 aromatic carbocycles. The molecule has 0 unspecified atom stereocenters. The smallest absolute Gasteiger partial charge is 0.332 e. The molecule has 1 saturated carbocycles. The first-order chi connectivity index (χ1) is 15.4. The predicted octanol–water partition coefficient (Wildman–Crippen LogP) is 0.536. The van der Waals surface area contributed by atoms with Crippen LogP contribution >= 0.6 is 0 Å². The summed E-state index contributed by atoms with van der Waals surface area (Å²) in [6.45, 7) is 4.03. The third-order valence-electron chi connectivity index (χ3n) is 6.59. The maximum Gasteiger partial charge on any atom is 0.332 e. The molecule has 9 nitrogen and oxygen atoms in total. The van der Waals surface area contributed by atoms with Crippen molar-refractivity contribution in [2.45, 2.75) is 25.9 Å². The van der Waals surface area contributed by atoms with E-state index >= 15 is 0 Å². The van der Waals surface area contributed by atoms with E-state index in [0.29, 0.717) is 43.3 Å². The standard InChI is InChI=1S/C23H28N6O3/c1-25-20-19(22(31)26(2)23(25)32)29(14-16-6-4-3-5-7-16)18(24-20)15-27-10-12-28(13-11-27)21(30)17-8-9-17/h3-7,17H,8-15H2,1-2H3. The quantitative estimate of drug-likeness (QED) is 0.583. The van der Waals surface area contributed by atoms with Gasteiger partial charge in [0.05, 0.1) is 6.54 Å². The van der Waals surface area contributed by atoms with Gasteiger partial charge in [-0.3, -0.25) is 23.6 Å². The van der Waals surface area contributed by atoms with Crippen molar-refractivity contribution in [2.24, 2.45) is 20.0 Å². The van der Waals surface area contributed by atoms with Crippen LogP contribution in [-0.2, 0) is 32.0 Å². The summed E-state index contributed by atoms with van der Waals surface area (Å²) in [4.78, 5) is 46.8. The molecular weight excluding hydrogens is 408 g/mol. The van der Waals surface area contributed by atoms with Gasteiger partial charge in [-0.05, 0) is 18.4 Å². The summed E-state index contributed by atoms with van der Waals surface area (Å²) in [6, 6.07) is 9.94. The first kappa shape index (κ1) is 20.7. The lowest BCUT2D eigenvalue weighted by Gasteiger charge is -2.34. The normalized spacial score (nSPS) is 17.2. The van der Waals surface area contributed by atoms with E-state index in [0.717, 1.165) is 41.9 Å². The molecule has 3 heterocycles. The average molecular weight is 437 g/mol. The number of benzene rings is 1. The molecule has 3 aromatic rings. The zero-order valence-electron chi connectivity index (χ0n) is 18.5. The number of rotatable bonds is 5. The Labute approximate surface area is 185 Å². The van der Waals surface area contributed by atoms with Crippen LogP contribution in [0.4, 0.5) is 0 Å². The van der Waals surface area contributed by atoms with Gasteiger partial charge in [-0.15, -0.1) is 0 Å². The second-order valence-electron chi connectivity index (χ2n) is 8.85. The largest absolute Gasteiger partial charge is 0.340 e. The second-order valence-corrected chi connectivity index (χ2v) is 8.85. The van der Waals surface area contributed by atoms with Crippen molar-refractivity contribution >= 4 is 17.1 Å². The minimum Gasteiger partial charge on any atom is -0.340 e. The van der Waals surface area contributed by atoms with Crippen LogP contribution in [0.25, 0.3) is 11.2 Å². The third kappa shape index (κ3) is 3.66. The molecule has 0 spiro atoms. The average Bonchev–Trinajstić information content (AvgIpc) is 3.61. The summed E-state index contributed by atoms with van der Waals surface area (Å²) in [7, 11) is 3.15. The van der Waals surface area contributed by atoms with Crippen LogP contribution in [0.2, 0.25) is 0 Å². The maximum absolute atomic E-state index is 13.0. The molecular formula is C23H28N6O3. The van der Waals surface area contributed by atoms with Crippen LogP contribution in [0.3, 0.4) is 0 Å². The maximum atomic E-state index is 13.0. The molecule has 2 aromatic heterocycles. The summed E-state index contributed by atoms with van der Waals surface area (Å²) < 4.78 is 4.51. The van der Waals surface area contributed by atoms with Crippen LogP contribution in [0, 0.1) is 5.92 Å². The Morgan fingerprint density at radius 1 is 0.969 bits per heavy atom. The van der Waals surface area contributed by atoms with Crippen LogP contribution in [0.5, 0.6) is 0 Å². The molecule has 168 valence electrons. The fraction of sp³-hybridized carbons (Fsp3) is 0.478. The van der Waals surface area contributed by atoms with Gasteiger partial charge in [0, 0.05) is 52.7 Å². The summed E-state index contributed by atoms with van der Waals surface area (Å²) >= 11 is 0. The Balaban J connectivity index is 1.48. The molecule has 9 heteroatoms. The number of amides is 1. The Kier molecular flexibility index (Phi) is 5.21. The Morgan fingerprint density at radius 3 is 2.31 bits per heavy atom. The summed E-state index contributed by atoms with van der Waals surface area (Å²) in [5.41, 5.74) is 1.19. The van der Waals surface area contributed by atoms with Gasteiger partial charge in [-0.2, -0.15) is 0 Å². The highest BCUT2D eigenvalue weighted by molar-refractivity contribution is 5.81. The molecule has 0 bridgehead atoms. The molecule has 32 heavy (non-hydrogen) atoms. The van der Waals surface area contributed by atoms with Crippen molar-refractivity contribution in [2.75, 3.05) is 26.2 Å². The van der Waals surface area contributed by atoms with Crippen LogP contribution < -0.4 is 11.2 Å². The fourth-order valence-electron chi connectivity index (χ4n) is 4.46. The number of carbonyl (C=O) groups excluding carboxylic acids is 1.